The van der Waals surface area contributed by atoms with Crippen LogP contribution in [0.2, 0.25) is 23.2 Å². The number of benzene rings is 1. The number of carbonyl (C=O) groups is 1. The summed E-state index contributed by atoms with van der Waals surface area (Å²) in [5.74, 6) is 0.592. The van der Waals surface area contributed by atoms with E-state index in [0.717, 1.165) is 54.0 Å². The van der Waals surface area contributed by atoms with Gasteiger partial charge in [-0.1, -0.05) is 32.4 Å². The number of hydrogen-bond acceptors (Lipinski definition) is 8. The zero-order chi connectivity index (χ0) is 34.7. The Morgan fingerprint density at radius 2 is 1.81 bits per heavy atom. The van der Waals surface area contributed by atoms with E-state index in [9.17, 15) is 4.79 Å². The number of pyridine rings is 1. The number of fused-ring (bicyclic) bond motifs is 1. The molecule has 1 fully saturated rings. The summed E-state index contributed by atoms with van der Waals surface area (Å²) in [5, 5.41) is 9.88. The molecular weight excluding hydrogens is 634 g/mol. The highest BCUT2D eigenvalue weighted by atomic mass is 35.5. The Morgan fingerprint density at radius 3 is 2.43 bits per heavy atom. The fourth-order valence-electron chi connectivity index (χ4n) is 5.15. The highest BCUT2D eigenvalue weighted by molar-refractivity contribution is 6.74. The Kier molecular flexibility index (Phi) is 11.6. The minimum absolute atomic E-state index is 0.0256. The fraction of sp³-hybridized carbons (Fsp3) is 0.629. The quantitative estimate of drug-likeness (QED) is 0.200. The van der Waals surface area contributed by atoms with Gasteiger partial charge in [0.15, 0.2) is 14.0 Å². The van der Waals surface area contributed by atoms with Crippen molar-refractivity contribution < 1.29 is 23.4 Å². The van der Waals surface area contributed by atoms with E-state index in [0.29, 0.717) is 23.4 Å². The van der Waals surface area contributed by atoms with Gasteiger partial charge in [-0.15, -0.1) is 0 Å². The van der Waals surface area contributed by atoms with Gasteiger partial charge in [-0.2, -0.15) is 5.10 Å². The molecule has 1 amide bonds. The molecule has 1 atom stereocenters. The summed E-state index contributed by atoms with van der Waals surface area (Å²) >= 11 is 6.69. The maximum atomic E-state index is 12.8. The molecule has 10 nitrogen and oxygen atoms in total. The van der Waals surface area contributed by atoms with Crippen LogP contribution in [0.1, 0.15) is 74.3 Å². The van der Waals surface area contributed by atoms with Crippen LogP contribution in [0.25, 0.3) is 22.3 Å². The molecule has 1 saturated heterocycles. The van der Waals surface area contributed by atoms with Crippen LogP contribution < -0.4 is 10.1 Å². The SMILES string of the molecule is CC(C)n1ncc2c(NC3CCOCC3)cc(-c3cc(Cl)cc(OCC(CN(C)C(=O)OC(C)(C)C)O[Si](C)(C)C(C)(C)C)c3)nc21. The third kappa shape index (κ3) is 9.84. The molecule has 1 unspecified atom stereocenters. The Labute approximate surface area is 286 Å². The summed E-state index contributed by atoms with van der Waals surface area (Å²) in [6.45, 7) is 22.8. The molecule has 0 spiro atoms. The number of aromatic nitrogens is 3. The van der Waals surface area contributed by atoms with Crippen molar-refractivity contribution in [2.75, 3.05) is 38.7 Å². The molecule has 260 valence electrons. The van der Waals surface area contributed by atoms with E-state index in [1.54, 1.807) is 18.0 Å². The van der Waals surface area contributed by atoms with Crippen molar-refractivity contribution in [3.63, 3.8) is 0 Å². The first-order chi connectivity index (χ1) is 21.8. The molecule has 1 aliphatic heterocycles. The monoisotopic (exact) mass is 687 g/mol. The van der Waals surface area contributed by atoms with Crippen LogP contribution >= 0.6 is 11.6 Å². The topological polar surface area (TPSA) is 100.0 Å². The van der Waals surface area contributed by atoms with E-state index in [4.69, 9.17) is 35.2 Å². The summed E-state index contributed by atoms with van der Waals surface area (Å²) in [4.78, 5) is 19.5. The normalized spacial score (nSPS) is 15.6. The molecule has 0 radical (unpaired) electrons. The molecule has 47 heavy (non-hydrogen) atoms. The fourth-order valence-corrected chi connectivity index (χ4v) is 6.70. The van der Waals surface area contributed by atoms with Crippen molar-refractivity contribution in [3.8, 4) is 17.0 Å². The van der Waals surface area contributed by atoms with Gasteiger partial charge in [0.1, 0.15) is 18.0 Å². The summed E-state index contributed by atoms with van der Waals surface area (Å²) in [5.41, 5.74) is 2.79. The van der Waals surface area contributed by atoms with Gasteiger partial charge < -0.3 is 28.9 Å². The van der Waals surface area contributed by atoms with Crippen LogP contribution in [-0.4, -0.2) is 85.2 Å². The largest absolute Gasteiger partial charge is 0.491 e. The number of anilines is 1. The molecule has 0 bridgehead atoms. The molecule has 0 saturated carbocycles. The maximum absolute atomic E-state index is 12.8. The lowest BCUT2D eigenvalue weighted by Crippen LogP contribution is -2.49. The zero-order valence-corrected chi connectivity index (χ0v) is 31.8. The molecule has 0 aliphatic carbocycles. The number of rotatable bonds is 11. The van der Waals surface area contributed by atoms with E-state index in [2.05, 4.69) is 64.2 Å². The minimum Gasteiger partial charge on any atom is -0.491 e. The highest BCUT2D eigenvalue weighted by Crippen LogP contribution is 2.38. The van der Waals surface area contributed by atoms with E-state index in [-0.39, 0.29) is 23.8 Å². The Hall–Kier alpha value is -2.86. The molecule has 3 heterocycles. The van der Waals surface area contributed by atoms with Gasteiger partial charge in [-0.05, 0) is 89.9 Å². The summed E-state index contributed by atoms with van der Waals surface area (Å²) in [6, 6.07) is 8.16. The molecule has 2 aromatic heterocycles. The number of likely N-dealkylation sites (N-methyl/N-ethyl adjacent to an activating group) is 1. The molecule has 12 heteroatoms. The average Bonchev–Trinajstić information content (AvgIpc) is 3.39. The zero-order valence-electron chi connectivity index (χ0n) is 30.1. The van der Waals surface area contributed by atoms with Gasteiger partial charge in [0.05, 0.1) is 29.9 Å². The lowest BCUT2D eigenvalue weighted by molar-refractivity contribution is 0.0172. The number of hydrogen-bond donors (Lipinski definition) is 1. The number of nitrogens with one attached hydrogen (secondary N) is 1. The predicted octanol–water partition coefficient (Wildman–Crippen LogP) is 8.56. The van der Waals surface area contributed by atoms with E-state index in [1.165, 1.54) is 0 Å². The van der Waals surface area contributed by atoms with Gasteiger partial charge in [-0.3, -0.25) is 0 Å². The third-order valence-corrected chi connectivity index (χ3v) is 13.4. The van der Waals surface area contributed by atoms with Crippen LogP contribution in [0.5, 0.6) is 5.75 Å². The van der Waals surface area contributed by atoms with Crippen LogP contribution in [0.4, 0.5) is 10.5 Å². The van der Waals surface area contributed by atoms with Gasteiger partial charge in [0.2, 0.25) is 0 Å². The standard InChI is InChI=1S/C35H54ClN5O5Si/c1-23(2)41-32-29(20-37-41)31(38-26-12-14-43-15-13-26)19-30(39-32)24-16-25(36)18-27(17-24)44-22-28(46-47(10,11)35(6,7)8)21-40(9)33(42)45-34(3,4)5/h16-20,23,26,28H,12-15,21-22H2,1-11H3,(H,38,39). The van der Waals surface area contributed by atoms with Crippen molar-refractivity contribution in [1.29, 1.82) is 0 Å². The van der Waals surface area contributed by atoms with Gasteiger partial charge in [-0.25, -0.2) is 14.5 Å². The Morgan fingerprint density at radius 1 is 1.13 bits per heavy atom. The van der Waals surface area contributed by atoms with Gasteiger partial charge in [0, 0.05) is 48.6 Å². The van der Waals surface area contributed by atoms with Gasteiger partial charge in [0.25, 0.3) is 0 Å². The number of nitrogens with zero attached hydrogens (tertiary/aromatic N) is 4. The first kappa shape index (κ1) is 37.0. The summed E-state index contributed by atoms with van der Waals surface area (Å²) in [6.07, 6.45) is 2.97. The second-order valence-electron chi connectivity index (χ2n) is 15.4. The van der Waals surface area contributed by atoms with Crippen LogP contribution in [-0.2, 0) is 13.9 Å². The number of amides is 1. The van der Waals surface area contributed by atoms with E-state index in [1.807, 2.05) is 43.8 Å². The van der Waals surface area contributed by atoms with Crippen LogP contribution in [0.3, 0.4) is 0 Å². The van der Waals surface area contributed by atoms with Crippen molar-refractivity contribution in [1.82, 2.24) is 19.7 Å². The second-order valence-corrected chi connectivity index (χ2v) is 20.5. The van der Waals surface area contributed by atoms with Gasteiger partial charge >= 0.3 is 6.09 Å². The van der Waals surface area contributed by atoms with Crippen LogP contribution in [0, 0.1) is 0 Å². The Balaban J connectivity index is 1.63. The second kappa shape index (κ2) is 14.7. The molecule has 4 rings (SSSR count). The smallest absolute Gasteiger partial charge is 0.410 e. The van der Waals surface area contributed by atoms with E-state index < -0.39 is 20.0 Å². The minimum atomic E-state index is -2.21. The van der Waals surface area contributed by atoms with Crippen LogP contribution in [0.15, 0.2) is 30.5 Å². The first-order valence-corrected chi connectivity index (χ1v) is 19.9. The van der Waals surface area contributed by atoms with E-state index >= 15 is 0 Å². The number of ether oxygens (including phenoxy) is 3. The highest BCUT2D eigenvalue weighted by Gasteiger charge is 2.40. The van der Waals surface area contributed by atoms with Crippen molar-refractivity contribution in [3.05, 3.63) is 35.5 Å². The lowest BCUT2D eigenvalue weighted by atomic mass is 10.1. The maximum Gasteiger partial charge on any atom is 0.410 e. The predicted molar refractivity (Wildman–Crippen MR) is 192 cm³/mol. The van der Waals surface area contributed by atoms with Crippen molar-refractivity contribution >= 4 is 42.7 Å². The lowest BCUT2D eigenvalue weighted by Gasteiger charge is -2.40. The number of carbonyl (C=O) groups excluding carboxylic acids is 1. The van der Waals surface area contributed by atoms with Crippen molar-refractivity contribution in [2.24, 2.45) is 0 Å². The average molecular weight is 688 g/mol. The molecule has 1 aromatic carbocycles. The van der Waals surface area contributed by atoms with Crippen molar-refractivity contribution in [2.45, 2.75) is 110 Å². The summed E-state index contributed by atoms with van der Waals surface area (Å²) in [7, 11) is -0.481. The molecule has 3 aromatic rings. The molecule has 1 N–H and O–H groups in total. The first-order valence-electron chi connectivity index (χ1n) is 16.6. The number of halogens is 1. The summed E-state index contributed by atoms with van der Waals surface area (Å²) < 4.78 is 26.3. The Bertz CT molecular complexity index is 1530. The molecule has 1 aliphatic rings. The third-order valence-electron chi connectivity index (χ3n) is 8.69. The molecular formula is C35H54ClN5O5Si.